The summed E-state index contributed by atoms with van der Waals surface area (Å²) < 4.78 is 11.0. The maximum absolute atomic E-state index is 11.8. The standard InChI is InChI=1S/C22H20N6O3/c1-13-15(3-4-16-17(13)12-30-22(16)29)19-10-28(7-6-24-19)11-20-26-27-21(31-20)18-5-2-14(8-23)9-25-18/h2-5,9,19,24H,6-7,10-12H2,1H3. The van der Waals surface area contributed by atoms with Crippen LogP contribution < -0.4 is 5.32 Å². The molecule has 0 spiro atoms. The number of esters is 1. The monoisotopic (exact) mass is 416 g/mol. The number of fused-ring (bicyclic) bond motifs is 1. The van der Waals surface area contributed by atoms with Gasteiger partial charge in [0.15, 0.2) is 0 Å². The first kappa shape index (κ1) is 19.4. The molecule has 0 bridgehead atoms. The zero-order valence-corrected chi connectivity index (χ0v) is 17.0. The van der Waals surface area contributed by atoms with Crippen molar-refractivity contribution in [1.82, 2.24) is 25.4 Å². The summed E-state index contributed by atoms with van der Waals surface area (Å²) in [4.78, 5) is 18.3. The lowest BCUT2D eigenvalue weighted by Crippen LogP contribution is -2.45. The van der Waals surface area contributed by atoms with Crippen molar-refractivity contribution in [2.24, 2.45) is 0 Å². The molecular formula is C22H20N6O3. The SMILES string of the molecule is Cc1c(C2CN(Cc3nnc(-c4ccc(C#N)cn4)o3)CCN2)ccc2c1COC2=O. The van der Waals surface area contributed by atoms with E-state index < -0.39 is 0 Å². The molecule has 0 saturated carbocycles. The predicted molar refractivity (Wildman–Crippen MR) is 109 cm³/mol. The molecule has 31 heavy (non-hydrogen) atoms. The molecule has 1 unspecified atom stereocenters. The van der Waals surface area contributed by atoms with Crippen LogP contribution in [0.4, 0.5) is 0 Å². The number of hydrogen-bond acceptors (Lipinski definition) is 9. The molecule has 9 nitrogen and oxygen atoms in total. The number of nitriles is 1. The topological polar surface area (TPSA) is 117 Å². The van der Waals surface area contributed by atoms with Crippen LogP contribution in [-0.4, -0.2) is 45.7 Å². The summed E-state index contributed by atoms with van der Waals surface area (Å²) in [6.45, 7) is 5.39. The Morgan fingerprint density at radius 3 is 3.00 bits per heavy atom. The van der Waals surface area contributed by atoms with Gasteiger partial charge in [-0.2, -0.15) is 5.26 Å². The van der Waals surface area contributed by atoms with Crippen LogP contribution in [0, 0.1) is 18.3 Å². The van der Waals surface area contributed by atoms with Gasteiger partial charge in [0, 0.05) is 37.4 Å². The van der Waals surface area contributed by atoms with E-state index in [9.17, 15) is 4.79 Å². The molecule has 2 aliphatic rings. The van der Waals surface area contributed by atoms with Gasteiger partial charge < -0.3 is 14.5 Å². The highest BCUT2D eigenvalue weighted by Crippen LogP contribution is 2.30. The van der Waals surface area contributed by atoms with E-state index in [0.717, 1.165) is 30.8 Å². The Labute approximate surface area is 178 Å². The minimum atomic E-state index is -0.244. The third-order valence-electron chi connectivity index (χ3n) is 5.78. The summed E-state index contributed by atoms with van der Waals surface area (Å²) in [7, 11) is 0. The average molecular weight is 416 g/mol. The number of nitrogens with zero attached hydrogens (tertiary/aromatic N) is 5. The first-order valence-electron chi connectivity index (χ1n) is 10.1. The molecule has 3 aromatic rings. The van der Waals surface area contributed by atoms with Crippen molar-refractivity contribution in [3.8, 4) is 17.7 Å². The fourth-order valence-electron chi connectivity index (χ4n) is 4.11. The molecule has 1 fully saturated rings. The van der Waals surface area contributed by atoms with Gasteiger partial charge in [0.2, 0.25) is 5.89 Å². The molecule has 5 rings (SSSR count). The summed E-state index contributed by atoms with van der Waals surface area (Å²) >= 11 is 0. The Morgan fingerprint density at radius 2 is 2.19 bits per heavy atom. The van der Waals surface area contributed by atoms with E-state index in [-0.39, 0.29) is 12.0 Å². The molecule has 9 heteroatoms. The largest absolute Gasteiger partial charge is 0.457 e. The molecule has 1 aromatic carbocycles. The molecule has 1 atom stereocenters. The van der Waals surface area contributed by atoms with Crippen LogP contribution in [-0.2, 0) is 17.9 Å². The van der Waals surface area contributed by atoms with Gasteiger partial charge in [-0.25, -0.2) is 9.78 Å². The van der Waals surface area contributed by atoms with Gasteiger partial charge in [0.05, 0.1) is 17.7 Å². The van der Waals surface area contributed by atoms with Gasteiger partial charge in [-0.3, -0.25) is 4.90 Å². The number of piperazine rings is 1. The van der Waals surface area contributed by atoms with Crippen molar-refractivity contribution in [2.75, 3.05) is 19.6 Å². The van der Waals surface area contributed by atoms with E-state index in [0.29, 0.717) is 41.8 Å². The number of rotatable bonds is 4. The normalized spacial score (nSPS) is 18.5. The fourth-order valence-corrected chi connectivity index (χ4v) is 4.11. The van der Waals surface area contributed by atoms with E-state index >= 15 is 0 Å². The van der Waals surface area contributed by atoms with Crippen LogP contribution in [0.5, 0.6) is 0 Å². The molecule has 1 N–H and O–H groups in total. The number of hydrogen-bond donors (Lipinski definition) is 1. The molecule has 2 aliphatic heterocycles. The Bertz CT molecular complexity index is 1180. The van der Waals surface area contributed by atoms with Crippen LogP contribution in [0.25, 0.3) is 11.6 Å². The zero-order valence-electron chi connectivity index (χ0n) is 17.0. The number of carbonyl (C=O) groups is 1. The predicted octanol–water partition coefficient (Wildman–Crippen LogP) is 2.13. The van der Waals surface area contributed by atoms with Crippen LogP contribution in [0.3, 0.4) is 0 Å². The Hall–Kier alpha value is -3.61. The Morgan fingerprint density at radius 1 is 1.29 bits per heavy atom. The summed E-state index contributed by atoms with van der Waals surface area (Å²) in [6.07, 6.45) is 1.48. The van der Waals surface area contributed by atoms with Gasteiger partial charge in [-0.05, 0) is 36.2 Å². The summed E-state index contributed by atoms with van der Waals surface area (Å²) in [5, 5.41) is 20.7. The maximum atomic E-state index is 11.8. The molecule has 1 saturated heterocycles. The van der Waals surface area contributed by atoms with Crippen LogP contribution >= 0.6 is 0 Å². The highest BCUT2D eigenvalue weighted by atomic mass is 16.5. The van der Waals surface area contributed by atoms with E-state index in [1.165, 1.54) is 11.8 Å². The fraction of sp³-hybridized carbons (Fsp3) is 0.318. The zero-order chi connectivity index (χ0) is 21.4. The molecule has 0 radical (unpaired) electrons. The Kier molecular flexibility index (Phi) is 4.94. The van der Waals surface area contributed by atoms with Crippen molar-refractivity contribution in [3.63, 3.8) is 0 Å². The van der Waals surface area contributed by atoms with Crippen molar-refractivity contribution in [1.29, 1.82) is 5.26 Å². The highest BCUT2D eigenvalue weighted by molar-refractivity contribution is 5.94. The summed E-state index contributed by atoms with van der Waals surface area (Å²) in [5.41, 5.74) is 4.96. The lowest BCUT2D eigenvalue weighted by Gasteiger charge is -2.34. The third-order valence-corrected chi connectivity index (χ3v) is 5.78. The molecule has 156 valence electrons. The third kappa shape index (κ3) is 3.67. The van der Waals surface area contributed by atoms with E-state index in [4.69, 9.17) is 14.4 Å². The molecule has 2 aromatic heterocycles. The minimum absolute atomic E-state index is 0.136. The average Bonchev–Trinajstić information content (AvgIpc) is 3.42. The second-order valence-electron chi connectivity index (χ2n) is 7.67. The first-order valence-corrected chi connectivity index (χ1v) is 10.1. The van der Waals surface area contributed by atoms with Crippen LogP contribution in [0.15, 0.2) is 34.9 Å². The van der Waals surface area contributed by atoms with Crippen LogP contribution in [0.1, 0.15) is 44.5 Å². The van der Waals surface area contributed by atoms with E-state index in [1.54, 1.807) is 12.1 Å². The number of nitrogens with one attached hydrogen (secondary N) is 1. The van der Waals surface area contributed by atoms with Gasteiger partial charge in [-0.15, -0.1) is 10.2 Å². The summed E-state index contributed by atoms with van der Waals surface area (Å²) in [6, 6.07) is 9.42. The first-order chi connectivity index (χ1) is 15.1. The lowest BCUT2D eigenvalue weighted by molar-refractivity contribution is 0.0535. The van der Waals surface area contributed by atoms with Gasteiger partial charge in [0.1, 0.15) is 18.4 Å². The van der Waals surface area contributed by atoms with Crippen molar-refractivity contribution in [2.45, 2.75) is 26.1 Å². The molecule has 0 amide bonds. The molecular weight excluding hydrogens is 396 g/mol. The van der Waals surface area contributed by atoms with Crippen molar-refractivity contribution in [3.05, 3.63) is 64.2 Å². The minimum Gasteiger partial charge on any atom is -0.457 e. The van der Waals surface area contributed by atoms with Crippen molar-refractivity contribution < 1.29 is 13.9 Å². The van der Waals surface area contributed by atoms with Gasteiger partial charge in [0.25, 0.3) is 5.89 Å². The summed E-state index contributed by atoms with van der Waals surface area (Å²) in [5.74, 6) is 0.614. The quantitative estimate of drug-likeness (QED) is 0.638. The second-order valence-corrected chi connectivity index (χ2v) is 7.67. The number of cyclic esters (lactones) is 1. The number of ether oxygens (including phenoxy) is 1. The van der Waals surface area contributed by atoms with Crippen molar-refractivity contribution >= 4 is 5.97 Å². The lowest BCUT2D eigenvalue weighted by atomic mass is 9.93. The highest BCUT2D eigenvalue weighted by Gasteiger charge is 2.28. The number of pyridine rings is 1. The second kappa shape index (κ2) is 7.91. The molecule has 0 aliphatic carbocycles. The maximum Gasteiger partial charge on any atom is 0.338 e. The molecule has 4 heterocycles. The van der Waals surface area contributed by atoms with Crippen LogP contribution in [0.2, 0.25) is 0 Å². The smallest absolute Gasteiger partial charge is 0.338 e. The Balaban J connectivity index is 1.29. The number of benzene rings is 1. The van der Waals surface area contributed by atoms with Gasteiger partial charge in [-0.1, -0.05) is 6.07 Å². The van der Waals surface area contributed by atoms with Gasteiger partial charge >= 0.3 is 5.97 Å². The number of aromatic nitrogens is 3. The van der Waals surface area contributed by atoms with E-state index in [2.05, 4.69) is 25.4 Å². The van der Waals surface area contributed by atoms with E-state index in [1.807, 2.05) is 25.1 Å². The number of carbonyl (C=O) groups excluding carboxylic acids is 1.